The van der Waals surface area contributed by atoms with Crippen molar-refractivity contribution in [2.24, 2.45) is 5.92 Å². The highest BCUT2D eigenvalue weighted by atomic mass is 32.2. The molecule has 2 aromatic rings. The van der Waals surface area contributed by atoms with Crippen LogP contribution in [0.3, 0.4) is 0 Å². The van der Waals surface area contributed by atoms with Gasteiger partial charge < -0.3 is 5.32 Å². The highest BCUT2D eigenvalue weighted by molar-refractivity contribution is 7.89. The number of hydrogen-bond donors (Lipinski definition) is 1. The zero-order valence-corrected chi connectivity index (χ0v) is 15.9. The Morgan fingerprint density at radius 1 is 1.03 bits per heavy atom. The van der Waals surface area contributed by atoms with Crippen LogP contribution >= 0.6 is 0 Å². The Morgan fingerprint density at radius 3 is 2.31 bits per heavy atom. The standard InChI is InChI=1S/C19H18F4N2O3S/c20-15-4-2-5-16(12-15)24-18(26)13-7-9-25(10-8-13)29(27,28)17-6-1-3-14(11-17)19(21,22)23/h1-6,11-13H,7-10H2,(H,24,26). The first-order valence-corrected chi connectivity index (χ1v) is 10.3. The second kappa shape index (κ2) is 8.11. The molecule has 0 atom stereocenters. The van der Waals surface area contributed by atoms with Gasteiger partial charge in [-0.25, -0.2) is 12.8 Å². The van der Waals surface area contributed by atoms with Crippen LogP contribution in [0.5, 0.6) is 0 Å². The van der Waals surface area contributed by atoms with E-state index in [9.17, 15) is 30.8 Å². The fourth-order valence-electron chi connectivity index (χ4n) is 3.15. The third-order valence-corrected chi connectivity index (χ3v) is 6.61. The van der Waals surface area contributed by atoms with E-state index in [4.69, 9.17) is 0 Å². The highest BCUT2D eigenvalue weighted by Gasteiger charge is 2.35. The number of hydrogen-bond acceptors (Lipinski definition) is 3. The Balaban J connectivity index is 1.66. The van der Waals surface area contributed by atoms with Crippen LogP contribution in [0.1, 0.15) is 18.4 Å². The van der Waals surface area contributed by atoms with Crippen molar-refractivity contribution >= 4 is 21.6 Å². The van der Waals surface area contributed by atoms with E-state index in [1.807, 2.05) is 0 Å². The summed E-state index contributed by atoms with van der Waals surface area (Å²) < 4.78 is 78.3. The largest absolute Gasteiger partial charge is 0.416 e. The minimum atomic E-state index is -4.65. The topological polar surface area (TPSA) is 66.5 Å². The smallest absolute Gasteiger partial charge is 0.326 e. The minimum Gasteiger partial charge on any atom is -0.326 e. The first kappa shape index (κ1) is 21.3. The summed E-state index contributed by atoms with van der Waals surface area (Å²) in [4.78, 5) is 11.9. The second-order valence-corrected chi connectivity index (χ2v) is 8.64. The maximum absolute atomic E-state index is 13.2. The van der Waals surface area contributed by atoms with Crippen LogP contribution in [0.4, 0.5) is 23.2 Å². The molecule has 0 bridgehead atoms. The number of carbonyl (C=O) groups is 1. The van der Waals surface area contributed by atoms with Crippen molar-refractivity contribution < 1.29 is 30.8 Å². The summed E-state index contributed by atoms with van der Waals surface area (Å²) in [5, 5.41) is 2.59. The molecule has 5 nitrogen and oxygen atoms in total. The molecule has 10 heteroatoms. The normalized spacial score (nSPS) is 16.6. The number of nitrogens with zero attached hydrogens (tertiary/aromatic N) is 1. The lowest BCUT2D eigenvalue weighted by Gasteiger charge is -2.30. The van der Waals surface area contributed by atoms with Gasteiger partial charge in [0.1, 0.15) is 5.82 Å². The van der Waals surface area contributed by atoms with E-state index in [1.165, 1.54) is 24.3 Å². The van der Waals surface area contributed by atoms with Crippen LogP contribution in [-0.2, 0) is 21.0 Å². The average molecular weight is 430 g/mol. The molecule has 1 amide bonds. The first-order chi connectivity index (χ1) is 13.6. The molecule has 29 heavy (non-hydrogen) atoms. The quantitative estimate of drug-likeness (QED) is 0.749. The molecule has 0 saturated carbocycles. The third-order valence-electron chi connectivity index (χ3n) is 4.72. The van der Waals surface area contributed by atoms with E-state index in [2.05, 4.69) is 5.32 Å². The number of rotatable bonds is 4. The molecule has 3 rings (SSSR count). The number of nitrogens with one attached hydrogen (secondary N) is 1. The summed E-state index contributed by atoms with van der Waals surface area (Å²) in [6.45, 7) is -0.000365. The third kappa shape index (κ3) is 4.94. The van der Waals surface area contributed by atoms with Crippen molar-refractivity contribution in [2.45, 2.75) is 23.9 Å². The van der Waals surface area contributed by atoms with E-state index in [-0.39, 0.29) is 31.8 Å². The predicted octanol–water partition coefficient (Wildman–Crippen LogP) is 3.88. The number of alkyl halides is 3. The number of sulfonamides is 1. The Labute approximate surface area is 165 Å². The van der Waals surface area contributed by atoms with Crippen molar-refractivity contribution in [3.05, 3.63) is 59.9 Å². The van der Waals surface area contributed by atoms with E-state index >= 15 is 0 Å². The van der Waals surface area contributed by atoms with Gasteiger partial charge in [-0.05, 0) is 49.2 Å². The van der Waals surface area contributed by atoms with Gasteiger partial charge in [-0.15, -0.1) is 0 Å². The van der Waals surface area contributed by atoms with E-state index in [1.54, 1.807) is 0 Å². The van der Waals surface area contributed by atoms with Gasteiger partial charge in [0, 0.05) is 24.7 Å². The van der Waals surface area contributed by atoms with Gasteiger partial charge in [0.2, 0.25) is 15.9 Å². The van der Waals surface area contributed by atoms with Crippen molar-refractivity contribution in [3.63, 3.8) is 0 Å². The van der Waals surface area contributed by atoms with Crippen LogP contribution in [-0.4, -0.2) is 31.7 Å². The van der Waals surface area contributed by atoms with E-state index < -0.39 is 38.4 Å². The van der Waals surface area contributed by atoms with Gasteiger partial charge in [0.15, 0.2) is 0 Å². The molecule has 1 heterocycles. The molecule has 1 saturated heterocycles. The van der Waals surface area contributed by atoms with Gasteiger partial charge in [-0.2, -0.15) is 17.5 Å². The predicted molar refractivity (Wildman–Crippen MR) is 98.0 cm³/mol. The minimum absolute atomic E-state index is 0.000182. The maximum atomic E-state index is 13.2. The number of benzene rings is 2. The summed E-state index contributed by atoms with van der Waals surface area (Å²) in [6, 6.07) is 8.99. The van der Waals surface area contributed by atoms with Crippen molar-refractivity contribution in [2.75, 3.05) is 18.4 Å². The van der Waals surface area contributed by atoms with Crippen molar-refractivity contribution in [1.82, 2.24) is 4.31 Å². The molecular formula is C19H18F4N2O3S. The molecule has 1 fully saturated rings. The fourth-order valence-corrected chi connectivity index (χ4v) is 4.67. The summed E-state index contributed by atoms with van der Waals surface area (Å²) in [7, 11) is -4.11. The zero-order valence-electron chi connectivity index (χ0n) is 15.1. The summed E-state index contributed by atoms with van der Waals surface area (Å²) in [6.07, 6.45) is -4.23. The number of amides is 1. The van der Waals surface area contributed by atoms with Crippen LogP contribution in [0.2, 0.25) is 0 Å². The van der Waals surface area contributed by atoms with Crippen molar-refractivity contribution in [1.29, 1.82) is 0 Å². The van der Waals surface area contributed by atoms with Crippen LogP contribution < -0.4 is 5.32 Å². The van der Waals surface area contributed by atoms with Gasteiger partial charge in [0.05, 0.1) is 10.5 Å². The summed E-state index contributed by atoms with van der Waals surface area (Å²) in [5.74, 6) is -1.33. The van der Waals surface area contributed by atoms with Crippen molar-refractivity contribution in [3.8, 4) is 0 Å². The number of carbonyl (C=O) groups excluding carboxylic acids is 1. The number of piperidine rings is 1. The molecule has 0 spiro atoms. The van der Waals surface area contributed by atoms with Gasteiger partial charge in [0.25, 0.3) is 0 Å². The Bertz CT molecular complexity index is 1000. The Morgan fingerprint density at radius 2 is 1.69 bits per heavy atom. The van der Waals surface area contributed by atoms with Gasteiger partial charge in [-0.1, -0.05) is 12.1 Å². The molecule has 2 aromatic carbocycles. The molecule has 1 aliphatic rings. The summed E-state index contributed by atoms with van der Waals surface area (Å²) in [5.41, 5.74) is -0.739. The molecule has 0 aromatic heterocycles. The molecule has 0 aliphatic carbocycles. The number of halogens is 4. The first-order valence-electron chi connectivity index (χ1n) is 8.81. The molecule has 0 radical (unpaired) electrons. The molecule has 156 valence electrons. The van der Waals surface area contributed by atoms with E-state index in [0.717, 1.165) is 22.5 Å². The van der Waals surface area contributed by atoms with E-state index in [0.29, 0.717) is 11.8 Å². The second-order valence-electron chi connectivity index (χ2n) is 6.70. The summed E-state index contributed by atoms with van der Waals surface area (Å²) >= 11 is 0. The average Bonchev–Trinajstić information content (AvgIpc) is 2.67. The molecule has 0 unspecified atom stereocenters. The monoisotopic (exact) mass is 430 g/mol. The van der Waals surface area contributed by atoms with Crippen LogP contribution in [0.25, 0.3) is 0 Å². The Kier molecular flexibility index (Phi) is 5.95. The molecule has 1 aliphatic heterocycles. The maximum Gasteiger partial charge on any atom is 0.416 e. The lowest BCUT2D eigenvalue weighted by molar-refractivity contribution is -0.137. The lowest BCUT2D eigenvalue weighted by Crippen LogP contribution is -2.41. The lowest BCUT2D eigenvalue weighted by atomic mass is 9.97. The fraction of sp³-hybridized carbons (Fsp3) is 0.316. The zero-order chi connectivity index (χ0) is 21.2. The van der Waals surface area contributed by atoms with Crippen LogP contribution in [0, 0.1) is 11.7 Å². The molecular weight excluding hydrogens is 412 g/mol. The van der Waals surface area contributed by atoms with Gasteiger partial charge in [-0.3, -0.25) is 4.79 Å². The Hall–Kier alpha value is -2.46. The number of anilines is 1. The molecule has 1 N–H and O–H groups in total. The SMILES string of the molecule is O=C(Nc1cccc(F)c1)C1CCN(S(=O)(=O)c2cccc(C(F)(F)F)c2)CC1. The van der Waals surface area contributed by atoms with Crippen LogP contribution in [0.15, 0.2) is 53.4 Å². The van der Waals surface area contributed by atoms with Gasteiger partial charge >= 0.3 is 6.18 Å². The highest BCUT2D eigenvalue weighted by Crippen LogP contribution is 2.32.